The Morgan fingerprint density at radius 3 is 2.26 bits per heavy atom. The van der Waals surface area contributed by atoms with Crippen molar-refractivity contribution in [3.63, 3.8) is 0 Å². The number of carbonyl (C=O) groups excluding carboxylic acids is 2. The summed E-state index contributed by atoms with van der Waals surface area (Å²) in [5.74, 6) is -0.646. The average molecular weight is 454 g/mol. The zero-order chi connectivity index (χ0) is 23.5. The number of hydrogen-bond donors (Lipinski definition) is 1. The van der Waals surface area contributed by atoms with Crippen LogP contribution in [0.25, 0.3) is 5.57 Å². The van der Waals surface area contributed by atoms with Crippen LogP contribution in [0, 0.1) is 0 Å². The van der Waals surface area contributed by atoms with E-state index in [1.807, 2.05) is 48.5 Å². The highest BCUT2D eigenvalue weighted by Crippen LogP contribution is 2.32. The maximum atomic E-state index is 13.4. The number of rotatable bonds is 6. The van der Waals surface area contributed by atoms with E-state index in [2.05, 4.69) is 39.3 Å². The predicted molar refractivity (Wildman–Crippen MR) is 133 cm³/mol. The number of imide groups is 1. The number of aromatic nitrogens is 1. The van der Waals surface area contributed by atoms with Crippen LogP contribution in [-0.4, -0.2) is 59.8 Å². The molecule has 1 fully saturated rings. The van der Waals surface area contributed by atoms with Gasteiger partial charge < -0.3 is 15.1 Å². The van der Waals surface area contributed by atoms with E-state index in [4.69, 9.17) is 0 Å². The zero-order valence-corrected chi connectivity index (χ0v) is 19.1. The third-order valence-electron chi connectivity index (χ3n) is 6.30. The predicted octanol–water partition coefficient (Wildman–Crippen LogP) is 3.23. The van der Waals surface area contributed by atoms with Gasteiger partial charge in [0, 0.05) is 49.9 Å². The molecule has 172 valence electrons. The van der Waals surface area contributed by atoms with Crippen LogP contribution < -0.4 is 10.2 Å². The lowest BCUT2D eigenvalue weighted by atomic mass is 10.0. The maximum Gasteiger partial charge on any atom is 0.278 e. The summed E-state index contributed by atoms with van der Waals surface area (Å²) < 4.78 is 0. The fourth-order valence-corrected chi connectivity index (χ4v) is 4.35. The summed E-state index contributed by atoms with van der Waals surface area (Å²) in [5, 5.41) is 3.25. The monoisotopic (exact) mass is 453 g/mol. The molecule has 2 amide bonds. The van der Waals surface area contributed by atoms with E-state index in [0.29, 0.717) is 16.8 Å². The van der Waals surface area contributed by atoms with Crippen molar-refractivity contribution >= 4 is 28.8 Å². The Morgan fingerprint density at radius 2 is 1.59 bits per heavy atom. The van der Waals surface area contributed by atoms with Gasteiger partial charge in [-0.25, -0.2) is 0 Å². The molecule has 1 aromatic heterocycles. The standard InChI is InChI=1S/C27H27N5O2/c1-30-14-16-31(17-15-30)23-11-9-22(10-12-23)29-25-24(21-7-3-2-4-8-21)26(33)32(27(25)34)19-20-6-5-13-28-18-20/h2-13,18,29H,14-17,19H2,1H3. The summed E-state index contributed by atoms with van der Waals surface area (Å²) in [5.41, 5.74) is 4.12. The van der Waals surface area contributed by atoms with Crippen molar-refractivity contribution in [2.75, 3.05) is 43.4 Å². The average Bonchev–Trinajstić information content (AvgIpc) is 3.10. The second kappa shape index (κ2) is 9.49. The maximum absolute atomic E-state index is 13.4. The number of anilines is 2. The molecule has 3 heterocycles. The number of amides is 2. The number of piperazine rings is 1. The molecule has 0 aliphatic carbocycles. The highest BCUT2D eigenvalue weighted by Gasteiger charge is 2.39. The molecule has 0 radical (unpaired) electrons. The Labute approximate surface area is 199 Å². The van der Waals surface area contributed by atoms with Gasteiger partial charge in [0.25, 0.3) is 11.8 Å². The third kappa shape index (κ3) is 4.43. The van der Waals surface area contributed by atoms with Gasteiger partial charge in [0.1, 0.15) is 5.70 Å². The van der Waals surface area contributed by atoms with E-state index < -0.39 is 0 Å². The Kier molecular flexibility index (Phi) is 6.10. The van der Waals surface area contributed by atoms with Gasteiger partial charge in [-0.3, -0.25) is 19.5 Å². The van der Waals surface area contributed by atoms with Crippen LogP contribution >= 0.6 is 0 Å². The van der Waals surface area contributed by atoms with E-state index in [1.165, 1.54) is 4.90 Å². The van der Waals surface area contributed by atoms with Gasteiger partial charge in [-0.2, -0.15) is 0 Å². The van der Waals surface area contributed by atoms with Crippen LogP contribution in [0.5, 0.6) is 0 Å². The molecule has 5 rings (SSSR count). The molecule has 34 heavy (non-hydrogen) atoms. The number of benzene rings is 2. The Bertz CT molecular complexity index is 1200. The van der Waals surface area contributed by atoms with Crippen molar-refractivity contribution in [1.29, 1.82) is 0 Å². The molecule has 0 saturated carbocycles. The normalized spacial score (nSPS) is 17.0. The molecule has 2 aromatic carbocycles. The fourth-order valence-electron chi connectivity index (χ4n) is 4.35. The number of nitrogens with zero attached hydrogens (tertiary/aromatic N) is 4. The van der Waals surface area contributed by atoms with Crippen LogP contribution in [0.15, 0.2) is 84.8 Å². The summed E-state index contributed by atoms with van der Waals surface area (Å²) in [6.07, 6.45) is 3.34. The minimum Gasteiger partial charge on any atom is -0.369 e. The van der Waals surface area contributed by atoms with Gasteiger partial charge in [-0.05, 0) is 48.5 Å². The Balaban J connectivity index is 1.42. The van der Waals surface area contributed by atoms with Gasteiger partial charge in [-0.15, -0.1) is 0 Å². The van der Waals surface area contributed by atoms with Gasteiger partial charge >= 0.3 is 0 Å². The number of likely N-dealkylation sites (N-methyl/N-ethyl adjacent to an activating group) is 1. The van der Waals surface area contributed by atoms with Gasteiger partial charge in [0.05, 0.1) is 12.1 Å². The molecular weight excluding hydrogens is 426 g/mol. The smallest absolute Gasteiger partial charge is 0.278 e. The van der Waals surface area contributed by atoms with Crippen LogP contribution in [0.2, 0.25) is 0 Å². The quantitative estimate of drug-likeness (QED) is 0.578. The minimum atomic E-state index is -0.337. The molecule has 2 aliphatic heterocycles. The molecule has 0 spiro atoms. The summed E-state index contributed by atoms with van der Waals surface area (Å²) >= 11 is 0. The molecular formula is C27H27N5O2. The van der Waals surface area contributed by atoms with Crippen molar-refractivity contribution < 1.29 is 9.59 Å². The minimum absolute atomic E-state index is 0.176. The molecule has 1 saturated heterocycles. The van der Waals surface area contributed by atoms with Crippen LogP contribution in [0.4, 0.5) is 11.4 Å². The van der Waals surface area contributed by atoms with Crippen LogP contribution in [0.3, 0.4) is 0 Å². The van der Waals surface area contributed by atoms with Gasteiger partial charge in [0.15, 0.2) is 0 Å². The topological polar surface area (TPSA) is 68.8 Å². The van der Waals surface area contributed by atoms with Crippen LogP contribution in [-0.2, 0) is 16.1 Å². The van der Waals surface area contributed by atoms with Crippen molar-refractivity contribution in [2.45, 2.75) is 6.54 Å². The lowest BCUT2D eigenvalue weighted by Gasteiger charge is -2.34. The van der Waals surface area contributed by atoms with Gasteiger partial charge in [0.2, 0.25) is 0 Å². The summed E-state index contributed by atoms with van der Waals surface area (Å²) in [6, 6.07) is 21.0. The summed E-state index contributed by atoms with van der Waals surface area (Å²) in [6.45, 7) is 4.23. The SMILES string of the molecule is CN1CCN(c2ccc(NC3=C(c4ccccc4)C(=O)N(Cc4cccnc4)C3=O)cc2)CC1. The van der Waals surface area contributed by atoms with E-state index in [1.54, 1.807) is 18.5 Å². The molecule has 2 aliphatic rings. The highest BCUT2D eigenvalue weighted by molar-refractivity contribution is 6.36. The molecule has 7 heteroatoms. The first-order chi connectivity index (χ1) is 16.6. The fraction of sp³-hybridized carbons (Fsp3) is 0.222. The number of pyridine rings is 1. The first-order valence-corrected chi connectivity index (χ1v) is 11.5. The van der Waals surface area contributed by atoms with Crippen LogP contribution in [0.1, 0.15) is 11.1 Å². The van der Waals surface area contributed by atoms with Crippen molar-refractivity contribution in [3.8, 4) is 0 Å². The largest absolute Gasteiger partial charge is 0.369 e. The number of hydrogen-bond acceptors (Lipinski definition) is 6. The molecule has 1 N–H and O–H groups in total. The molecule has 0 bridgehead atoms. The van der Waals surface area contributed by atoms with E-state index in [0.717, 1.165) is 43.1 Å². The molecule has 3 aromatic rings. The van der Waals surface area contributed by atoms with Crippen molar-refractivity contribution in [3.05, 3.63) is 95.9 Å². The zero-order valence-electron chi connectivity index (χ0n) is 19.1. The number of carbonyl (C=O) groups is 2. The van der Waals surface area contributed by atoms with Crippen molar-refractivity contribution in [2.24, 2.45) is 0 Å². The molecule has 0 unspecified atom stereocenters. The van der Waals surface area contributed by atoms with E-state index >= 15 is 0 Å². The molecule has 7 nitrogen and oxygen atoms in total. The Morgan fingerprint density at radius 1 is 0.853 bits per heavy atom. The van der Waals surface area contributed by atoms with E-state index in [9.17, 15) is 9.59 Å². The lowest BCUT2D eigenvalue weighted by molar-refractivity contribution is -0.137. The number of nitrogens with one attached hydrogen (secondary N) is 1. The van der Waals surface area contributed by atoms with Crippen molar-refractivity contribution in [1.82, 2.24) is 14.8 Å². The lowest BCUT2D eigenvalue weighted by Crippen LogP contribution is -2.44. The Hall–Kier alpha value is -3.97. The second-order valence-electron chi connectivity index (χ2n) is 8.64. The second-order valence-corrected chi connectivity index (χ2v) is 8.64. The third-order valence-corrected chi connectivity index (χ3v) is 6.30. The first-order valence-electron chi connectivity index (χ1n) is 11.5. The summed E-state index contributed by atoms with van der Waals surface area (Å²) in [4.78, 5) is 36.9. The van der Waals surface area contributed by atoms with Gasteiger partial charge in [-0.1, -0.05) is 36.4 Å². The summed E-state index contributed by atoms with van der Waals surface area (Å²) in [7, 11) is 2.14. The highest BCUT2D eigenvalue weighted by atomic mass is 16.2. The molecule has 0 atom stereocenters. The first kappa shape index (κ1) is 21.9. The van der Waals surface area contributed by atoms with E-state index in [-0.39, 0.29) is 18.4 Å².